The molecule has 0 fully saturated rings. The number of phenolic OH excluding ortho intramolecular Hbond substituents is 2. The molecule has 0 radical (unpaired) electrons. The molecular formula is C9H12ClNO3. The minimum atomic E-state index is -0.806. The number of rotatable bonds is 3. The van der Waals surface area contributed by atoms with Crippen molar-refractivity contribution in [3.63, 3.8) is 0 Å². The van der Waals surface area contributed by atoms with E-state index in [1.54, 1.807) is 7.05 Å². The molecule has 0 heterocycles. The van der Waals surface area contributed by atoms with Crippen LogP contribution in [0.1, 0.15) is 11.7 Å². The largest absolute Gasteiger partial charge is 0.504 e. The number of likely N-dealkylation sites (N-methyl/N-ethyl adjacent to an activating group) is 1. The molecular weight excluding hydrogens is 206 g/mol. The molecule has 4 nitrogen and oxygen atoms in total. The average Bonchev–Trinajstić information content (AvgIpc) is 2.11. The Balaban J connectivity index is 3.02. The van der Waals surface area contributed by atoms with Crippen molar-refractivity contribution >= 4 is 11.6 Å². The number of aliphatic hydroxyl groups is 1. The summed E-state index contributed by atoms with van der Waals surface area (Å²) in [6, 6.07) is 2.45. The SMILES string of the molecule is CNCC(O)c1cc(O)c(O)cc1Cl. The maximum Gasteiger partial charge on any atom is 0.158 e. The Bertz CT molecular complexity index is 330. The van der Waals surface area contributed by atoms with E-state index in [4.69, 9.17) is 16.7 Å². The zero-order valence-corrected chi connectivity index (χ0v) is 8.41. The predicted molar refractivity (Wildman–Crippen MR) is 53.7 cm³/mol. The topological polar surface area (TPSA) is 72.7 Å². The number of hydrogen-bond donors (Lipinski definition) is 4. The van der Waals surface area contributed by atoms with E-state index >= 15 is 0 Å². The van der Waals surface area contributed by atoms with Gasteiger partial charge in [-0.05, 0) is 13.1 Å². The number of halogens is 1. The summed E-state index contributed by atoms with van der Waals surface area (Å²) in [6.07, 6.45) is -0.806. The van der Waals surface area contributed by atoms with E-state index in [0.29, 0.717) is 12.1 Å². The molecule has 0 saturated carbocycles. The minimum Gasteiger partial charge on any atom is -0.504 e. The molecule has 78 valence electrons. The lowest BCUT2D eigenvalue weighted by Crippen LogP contribution is -2.16. The quantitative estimate of drug-likeness (QED) is 0.570. The van der Waals surface area contributed by atoms with Gasteiger partial charge in [0, 0.05) is 18.2 Å². The first-order valence-corrected chi connectivity index (χ1v) is 4.48. The summed E-state index contributed by atoms with van der Waals surface area (Å²) in [4.78, 5) is 0. The van der Waals surface area contributed by atoms with Gasteiger partial charge in [-0.2, -0.15) is 0 Å². The van der Waals surface area contributed by atoms with Crippen molar-refractivity contribution in [3.05, 3.63) is 22.7 Å². The number of phenols is 2. The van der Waals surface area contributed by atoms with Crippen LogP contribution in [0.25, 0.3) is 0 Å². The Morgan fingerprint density at radius 2 is 1.93 bits per heavy atom. The van der Waals surface area contributed by atoms with Crippen molar-refractivity contribution in [1.82, 2.24) is 5.32 Å². The highest BCUT2D eigenvalue weighted by atomic mass is 35.5. The van der Waals surface area contributed by atoms with Crippen molar-refractivity contribution in [2.24, 2.45) is 0 Å². The molecule has 1 aromatic carbocycles. The summed E-state index contributed by atoms with van der Waals surface area (Å²) < 4.78 is 0. The van der Waals surface area contributed by atoms with Gasteiger partial charge in [0.25, 0.3) is 0 Å². The van der Waals surface area contributed by atoms with Crippen LogP contribution in [0.5, 0.6) is 11.5 Å². The molecule has 1 atom stereocenters. The smallest absolute Gasteiger partial charge is 0.158 e. The van der Waals surface area contributed by atoms with Crippen molar-refractivity contribution in [2.75, 3.05) is 13.6 Å². The molecule has 5 heteroatoms. The van der Waals surface area contributed by atoms with Gasteiger partial charge in [0.15, 0.2) is 11.5 Å². The van der Waals surface area contributed by atoms with E-state index in [0.717, 1.165) is 0 Å². The Kier molecular flexibility index (Phi) is 3.57. The van der Waals surface area contributed by atoms with Crippen LogP contribution in [-0.2, 0) is 0 Å². The maximum absolute atomic E-state index is 9.58. The fourth-order valence-corrected chi connectivity index (χ4v) is 1.41. The fraction of sp³-hybridized carbons (Fsp3) is 0.333. The molecule has 0 aliphatic carbocycles. The van der Waals surface area contributed by atoms with Crippen molar-refractivity contribution < 1.29 is 15.3 Å². The molecule has 1 aromatic rings. The highest BCUT2D eigenvalue weighted by molar-refractivity contribution is 6.31. The van der Waals surface area contributed by atoms with Gasteiger partial charge >= 0.3 is 0 Å². The van der Waals surface area contributed by atoms with Crippen molar-refractivity contribution in [2.45, 2.75) is 6.10 Å². The van der Waals surface area contributed by atoms with Crippen LogP contribution in [0.15, 0.2) is 12.1 Å². The first kappa shape index (κ1) is 11.1. The molecule has 1 unspecified atom stereocenters. The van der Waals surface area contributed by atoms with Gasteiger partial charge in [-0.3, -0.25) is 0 Å². The van der Waals surface area contributed by atoms with Gasteiger partial charge < -0.3 is 20.6 Å². The lowest BCUT2D eigenvalue weighted by Gasteiger charge is -2.12. The van der Waals surface area contributed by atoms with Crippen LogP contribution in [0.2, 0.25) is 5.02 Å². The molecule has 0 spiro atoms. The lowest BCUT2D eigenvalue weighted by atomic mass is 10.1. The van der Waals surface area contributed by atoms with Gasteiger partial charge in [0.2, 0.25) is 0 Å². The van der Waals surface area contributed by atoms with Crippen LogP contribution in [0.3, 0.4) is 0 Å². The van der Waals surface area contributed by atoms with Crippen LogP contribution >= 0.6 is 11.6 Å². The van der Waals surface area contributed by atoms with E-state index in [-0.39, 0.29) is 16.5 Å². The second kappa shape index (κ2) is 4.50. The van der Waals surface area contributed by atoms with E-state index in [9.17, 15) is 10.2 Å². The Hall–Kier alpha value is -0.970. The number of aromatic hydroxyl groups is 2. The maximum atomic E-state index is 9.58. The first-order chi connectivity index (χ1) is 6.56. The highest BCUT2D eigenvalue weighted by Crippen LogP contribution is 2.33. The fourth-order valence-electron chi connectivity index (χ4n) is 1.13. The lowest BCUT2D eigenvalue weighted by molar-refractivity contribution is 0.177. The van der Waals surface area contributed by atoms with Gasteiger partial charge in [-0.25, -0.2) is 0 Å². The first-order valence-electron chi connectivity index (χ1n) is 4.10. The van der Waals surface area contributed by atoms with Gasteiger partial charge in [-0.1, -0.05) is 11.6 Å². The number of benzene rings is 1. The zero-order valence-electron chi connectivity index (χ0n) is 7.66. The molecule has 1 rings (SSSR count). The average molecular weight is 218 g/mol. The van der Waals surface area contributed by atoms with E-state index in [2.05, 4.69) is 5.32 Å². The standard InChI is InChI=1S/C9H12ClNO3/c1-11-4-9(14)5-2-7(12)8(13)3-6(5)10/h2-3,9,11-14H,4H2,1H3. The van der Waals surface area contributed by atoms with Crippen molar-refractivity contribution in [3.8, 4) is 11.5 Å². The van der Waals surface area contributed by atoms with Gasteiger partial charge in [0.05, 0.1) is 11.1 Å². The molecule has 14 heavy (non-hydrogen) atoms. The Morgan fingerprint density at radius 1 is 1.36 bits per heavy atom. The zero-order chi connectivity index (χ0) is 10.7. The van der Waals surface area contributed by atoms with Crippen LogP contribution < -0.4 is 5.32 Å². The van der Waals surface area contributed by atoms with Crippen molar-refractivity contribution in [1.29, 1.82) is 0 Å². The van der Waals surface area contributed by atoms with Gasteiger partial charge in [-0.15, -0.1) is 0 Å². The molecule has 0 amide bonds. The van der Waals surface area contributed by atoms with E-state index in [1.165, 1.54) is 12.1 Å². The second-order valence-electron chi connectivity index (χ2n) is 2.94. The number of nitrogens with one attached hydrogen (secondary N) is 1. The summed E-state index contributed by atoms with van der Waals surface area (Å²) in [7, 11) is 1.69. The molecule has 0 aromatic heterocycles. The summed E-state index contributed by atoms with van der Waals surface area (Å²) in [6.45, 7) is 0.323. The van der Waals surface area contributed by atoms with E-state index in [1.807, 2.05) is 0 Å². The molecule has 4 N–H and O–H groups in total. The monoisotopic (exact) mass is 217 g/mol. The third-order valence-electron chi connectivity index (χ3n) is 1.85. The summed E-state index contributed by atoms with van der Waals surface area (Å²) in [5.41, 5.74) is 0.385. The third kappa shape index (κ3) is 2.29. The highest BCUT2D eigenvalue weighted by Gasteiger charge is 2.13. The van der Waals surface area contributed by atoms with Crippen LogP contribution in [0, 0.1) is 0 Å². The van der Waals surface area contributed by atoms with E-state index < -0.39 is 6.10 Å². The Morgan fingerprint density at radius 3 is 2.50 bits per heavy atom. The summed E-state index contributed by atoms with van der Waals surface area (Å²) in [5, 5.41) is 30.9. The molecule has 0 saturated heterocycles. The normalized spacial score (nSPS) is 12.8. The van der Waals surface area contributed by atoms with Crippen LogP contribution in [0.4, 0.5) is 0 Å². The van der Waals surface area contributed by atoms with Gasteiger partial charge in [0.1, 0.15) is 0 Å². The number of aliphatic hydroxyl groups excluding tert-OH is 1. The summed E-state index contributed by atoms with van der Waals surface area (Å²) >= 11 is 5.77. The Labute approximate surface area is 86.8 Å². The second-order valence-corrected chi connectivity index (χ2v) is 3.34. The third-order valence-corrected chi connectivity index (χ3v) is 2.18. The number of hydrogen-bond acceptors (Lipinski definition) is 4. The molecule has 0 aliphatic rings. The summed E-state index contributed by atoms with van der Waals surface area (Å²) in [5.74, 6) is -0.588. The predicted octanol–water partition coefficient (Wildman–Crippen LogP) is 1.00. The molecule has 0 bridgehead atoms. The minimum absolute atomic E-state index is 0.225. The molecule has 0 aliphatic heterocycles. The van der Waals surface area contributed by atoms with Crippen LogP contribution in [-0.4, -0.2) is 28.9 Å².